The molecule has 0 aromatic carbocycles. The summed E-state index contributed by atoms with van der Waals surface area (Å²) in [6.07, 6.45) is 4.73. The average molecular weight is 156 g/mol. The van der Waals surface area contributed by atoms with Crippen molar-refractivity contribution < 1.29 is 4.21 Å². The van der Waals surface area contributed by atoms with Gasteiger partial charge in [-0.1, -0.05) is 0 Å². The zero-order chi connectivity index (χ0) is 7.56. The molecule has 10 heavy (non-hydrogen) atoms. The summed E-state index contributed by atoms with van der Waals surface area (Å²) in [6, 6.07) is 0. The van der Waals surface area contributed by atoms with Gasteiger partial charge in [-0.05, 0) is 6.92 Å². The van der Waals surface area contributed by atoms with Crippen molar-refractivity contribution in [2.75, 3.05) is 6.26 Å². The predicted octanol–water partition coefficient (Wildman–Crippen LogP) is 0.522. The van der Waals surface area contributed by atoms with E-state index in [0.717, 1.165) is 5.69 Å². The zero-order valence-electron chi connectivity index (χ0n) is 5.87. The first-order chi connectivity index (χ1) is 4.72. The number of aryl methyl sites for hydroxylation is 1. The number of rotatable bonds is 1. The summed E-state index contributed by atoms with van der Waals surface area (Å²) in [5, 5.41) is 0.572. The van der Waals surface area contributed by atoms with Crippen molar-refractivity contribution in [1.82, 2.24) is 9.97 Å². The van der Waals surface area contributed by atoms with Crippen LogP contribution in [0.4, 0.5) is 0 Å². The largest absolute Gasteiger partial charge is 0.257 e. The van der Waals surface area contributed by atoms with Gasteiger partial charge in [0.2, 0.25) is 0 Å². The molecule has 1 aromatic rings. The van der Waals surface area contributed by atoms with Gasteiger partial charge in [-0.15, -0.1) is 0 Å². The van der Waals surface area contributed by atoms with Crippen LogP contribution in [0.3, 0.4) is 0 Å². The van der Waals surface area contributed by atoms with Crippen LogP contribution in [0.5, 0.6) is 0 Å². The van der Waals surface area contributed by atoms with Gasteiger partial charge in [-0.25, -0.2) is 4.98 Å². The van der Waals surface area contributed by atoms with Gasteiger partial charge >= 0.3 is 0 Å². The van der Waals surface area contributed by atoms with E-state index in [2.05, 4.69) is 9.97 Å². The fourth-order valence-electron chi connectivity index (χ4n) is 0.677. The minimum absolute atomic E-state index is 0.572. The van der Waals surface area contributed by atoms with Gasteiger partial charge in [-0.3, -0.25) is 9.19 Å². The highest BCUT2D eigenvalue weighted by Crippen LogP contribution is 2.02. The molecule has 4 heteroatoms. The van der Waals surface area contributed by atoms with Crippen molar-refractivity contribution in [3.05, 3.63) is 18.1 Å². The fraction of sp³-hybridized carbons (Fsp3) is 0.333. The second-order valence-electron chi connectivity index (χ2n) is 1.90. The lowest BCUT2D eigenvalue weighted by Gasteiger charge is -1.96. The summed E-state index contributed by atoms with van der Waals surface area (Å²) in [6.45, 7) is 1.80. The second kappa shape index (κ2) is 2.88. The average Bonchev–Trinajstić information content (AvgIpc) is 1.88. The van der Waals surface area contributed by atoms with Crippen molar-refractivity contribution in [1.29, 1.82) is 0 Å². The summed E-state index contributed by atoms with van der Waals surface area (Å²) in [5.41, 5.74) is 0.739. The molecule has 0 saturated heterocycles. The van der Waals surface area contributed by atoms with Crippen LogP contribution in [-0.4, -0.2) is 20.4 Å². The standard InChI is InChI=1S/C6H8N2OS/c1-5-6(10(2)9)8-4-3-7-5/h3-4H,1-2H3. The Morgan fingerprint density at radius 1 is 1.40 bits per heavy atom. The van der Waals surface area contributed by atoms with Crippen molar-refractivity contribution >= 4 is 10.8 Å². The van der Waals surface area contributed by atoms with Crippen molar-refractivity contribution in [2.45, 2.75) is 11.9 Å². The van der Waals surface area contributed by atoms with E-state index in [1.54, 1.807) is 25.6 Å². The minimum atomic E-state index is -1.01. The molecule has 0 amide bonds. The van der Waals surface area contributed by atoms with Crippen LogP contribution in [0.2, 0.25) is 0 Å². The van der Waals surface area contributed by atoms with Crippen LogP contribution in [0.15, 0.2) is 17.4 Å². The van der Waals surface area contributed by atoms with Crippen LogP contribution < -0.4 is 0 Å². The van der Waals surface area contributed by atoms with Gasteiger partial charge in [-0.2, -0.15) is 0 Å². The van der Waals surface area contributed by atoms with E-state index in [-0.39, 0.29) is 0 Å². The van der Waals surface area contributed by atoms with Gasteiger partial charge < -0.3 is 0 Å². The Morgan fingerprint density at radius 3 is 2.40 bits per heavy atom. The number of hydrogen-bond acceptors (Lipinski definition) is 3. The van der Waals surface area contributed by atoms with Crippen molar-refractivity contribution in [3.63, 3.8) is 0 Å². The molecule has 1 aromatic heterocycles. The van der Waals surface area contributed by atoms with Gasteiger partial charge in [0.1, 0.15) is 5.03 Å². The first-order valence-corrected chi connectivity index (χ1v) is 4.38. The lowest BCUT2D eigenvalue weighted by Crippen LogP contribution is -1.96. The molecule has 54 valence electrons. The first-order valence-electron chi connectivity index (χ1n) is 2.83. The summed E-state index contributed by atoms with van der Waals surface area (Å²) in [4.78, 5) is 7.86. The lowest BCUT2D eigenvalue weighted by molar-refractivity contribution is 0.682. The Hall–Kier alpha value is -0.770. The van der Waals surface area contributed by atoms with Crippen LogP contribution in [0.1, 0.15) is 5.69 Å². The molecule has 0 aliphatic rings. The molecule has 0 saturated carbocycles. The second-order valence-corrected chi connectivity index (χ2v) is 3.20. The summed E-state index contributed by atoms with van der Waals surface area (Å²) < 4.78 is 10.9. The quantitative estimate of drug-likeness (QED) is 0.595. The van der Waals surface area contributed by atoms with Crippen molar-refractivity contribution in [3.8, 4) is 0 Å². The lowest BCUT2D eigenvalue weighted by atomic mass is 10.5. The molecule has 0 aliphatic heterocycles. The van der Waals surface area contributed by atoms with Crippen LogP contribution in [0.25, 0.3) is 0 Å². The van der Waals surface area contributed by atoms with Gasteiger partial charge in [0.05, 0.1) is 16.5 Å². The summed E-state index contributed by atoms with van der Waals surface area (Å²) in [7, 11) is -1.01. The maximum absolute atomic E-state index is 10.9. The molecule has 0 radical (unpaired) electrons. The maximum atomic E-state index is 10.9. The van der Waals surface area contributed by atoms with Gasteiger partial charge in [0, 0.05) is 18.6 Å². The van der Waals surface area contributed by atoms with Crippen LogP contribution in [0, 0.1) is 6.92 Å². The van der Waals surface area contributed by atoms with Gasteiger partial charge in [0.25, 0.3) is 0 Å². The fourth-order valence-corrected chi connectivity index (χ4v) is 1.36. The Labute approximate surface area is 62.0 Å². The molecular formula is C6H8N2OS. The van der Waals surface area contributed by atoms with E-state index in [1.807, 2.05) is 0 Å². The smallest absolute Gasteiger partial charge is 0.148 e. The number of nitrogens with zero attached hydrogens (tertiary/aromatic N) is 2. The normalized spacial score (nSPS) is 13.0. The highest BCUT2D eigenvalue weighted by Gasteiger charge is 2.01. The number of aromatic nitrogens is 2. The summed E-state index contributed by atoms with van der Waals surface area (Å²) >= 11 is 0. The SMILES string of the molecule is Cc1nccnc1S(C)=O. The number of hydrogen-bond donors (Lipinski definition) is 0. The molecular weight excluding hydrogens is 148 g/mol. The third kappa shape index (κ3) is 1.39. The Kier molecular flexibility index (Phi) is 2.11. The zero-order valence-corrected chi connectivity index (χ0v) is 6.68. The van der Waals surface area contributed by atoms with E-state index in [0.29, 0.717) is 5.03 Å². The van der Waals surface area contributed by atoms with Crippen LogP contribution >= 0.6 is 0 Å². The highest BCUT2D eigenvalue weighted by molar-refractivity contribution is 7.84. The molecule has 0 spiro atoms. The van der Waals surface area contributed by atoms with E-state index in [9.17, 15) is 4.21 Å². The maximum Gasteiger partial charge on any atom is 0.148 e. The molecule has 0 fully saturated rings. The monoisotopic (exact) mass is 156 g/mol. The molecule has 0 bridgehead atoms. The third-order valence-electron chi connectivity index (χ3n) is 1.11. The van der Waals surface area contributed by atoms with E-state index in [1.165, 1.54) is 0 Å². The molecule has 1 heterocycles. The molecule has 0 aliphatic carbocycles. The van der Waals surface area contributed by atoms with E-state index >= 15 is 0 Å². The Balaban J connectivity index is 3.15. The Bertz CT molecular complexity index is 262. The highest BCUT2D eigenvalue weighted by atomic mass is 32.2. The van der Waals surface area contributed by atoms with Gasteiger partial charge in [0.15, 0.2) is 0 Å². The molecule has 1 rings (SSSR count). The minimum Gasteiger partial charge on any atom is -0.257 e. The topological polar surface area (TPSA) is 42.9 Å². The third-order valence-corrected chi connectivity index (χ3v) is 2.05. The molecule has 0 N–H and O–H groups in total. The Morgan fingerprint density at radius 2 is 2.00 bits per heavy atom. The van der Waals surface area contributed by atoms with E-state index in [4.69, 9.17) is 0 Å². The van der Waals surface area contributed by atoms with E-state index < -0.39 is 10.8 Å². The predicted molar refractivity (Wildman–Crippen MR) is 39.1 cm³/mol. The van der Waals surface area contributed by atoms with Crippen molar-refractivity contribution in [2.24, 2.45) is 0 Å². The first kappa shape index (κ1) is 7.34. The molecule has 3 nitrogen and oxygen atoms in total. The van der Waals surface area contributed by atoms with Crippen LogP contribution in [-0.2, 0) is 10.8 Å². The molecule has 1 atom stereocenters. The summed E-state index contributed by atoms with van der Waals surface area (Å²) in [5.74, 6) is 0. The molecule has 1 unspecified atom stereocenters.